The van der Waals surface area contributed by atoms with Gasteiger partial charge in [-0.1, -0.05) is 0 Å². The molecule has 132 valence electrons. The van der Waals surface area contributed by atoms with E-state index in [-0.39, 0.29) is 34.7 Å². The van der Waals surface area contributed by atoms with Gasteiger partial charge in [-0.3, -0.25) is 4.72 Å². The summed E-state index contributed by atoms with van der Waals surface area (Å²) in [4.78, 5) is -0.0656. The summed E-state index contributed by atoms with van der Waals surface area (Å²) in [6.45, 7) is 3.48. The molecule has 0 saturated carbocycles. The molecule has 0 saturated heterocycles. The van der Waals surface area contributed by atoms with Crippen LogP contribution < -0.4 is 19.9 Å². The largest absolute Gasteiger partial charge is 0.495 e. The van der Waals surface area contributed by atoms with Crippen molar-refractivity contribution in [3.63, 3.8) is 0 Å². The minimum atomic E-state index is -3.77. The second-order valence-corrected chi connectivity index (χ2v) is 8.78. The first-order valence-corrected chi connectivity index (χ1v) is 10.2. The minimum absolute atomic E-state index is 0.0506. The predicted molar refractivity (Wildman–Crippen MR) is 89.5 cm³/mol. The van der Waals surface area contributed by atoms with E-state index in [1.54, 1.807) is 6.92 Å². The molecule has 0 aliphatic heterocycles. The van der Waals surface area contributed by atoms with Gasteiger partial charge in [-0.15, -0.1) is 0 Å². The number of nitrogens with two attached hydrogens (primary N) is 1. The standard InChI is InChI=1S/C13H23N3O5S2/c1-4-22(17,18)16-11-5-6-13(12(9-11)21-3)23(19,20)15-8-7-10(2)14/h5-6,9-10,15-16H,4,7-8,14H2,1-3H3. The van der Waals surface area contributed by atoms with Gasteiger partial charge in [0.05, 0.1) is 18.6 Å². The SMILES string of the molecule is CCS(=O)(=O)Nc1ccc(S(=O)(=O)NCCC(C)N)c(OC)c1. The Kier molecular flexibility index (Phi) is 6.81. The molecule has 0 aliphatic rings. The molecule has 4 N–H and O–H groups in total. The maximum Gasteiger partial charge on any atom is 0.244 e. The van der Waals surface area contributed by atoms with Crippen LogP contribution in [0, 0.1) is 0 Å². The molecule has 1 unspecified atom stereocenters. The lowest BCUT2D eigenvalue weighted by molar-refractivity contribution is 0.402. The third-order valence-corrected chi connectivity index (χ3v) is 5.81. The lowest BCUT2D eigenvalue weighted by atomic mass is 10.3. The Morgan fingerprint density at radius 1 is 1.26 bits per heavy atom. The lowest BCUT2D eigenvalue weighted by Gasteiger charge is -2.13. The third kappa shape index (κ3) is 5.98. The van der Waals surface area contributed by atoms with Gasteiger partial charge >= 0.3 is 0 Å². The van der Waals surface area contributed by atoms with Crippen molar-refractivity contribution < 1.29 is 21.6 Å². The molecule has 8 nitrogen and oxygen atoms in total. The van der Waals surface area contributed by atoms with Crippen molar-refractivity contribution in [3.8, 4) is 5.75 Å². The molecule has 0 spiro atoms. The monoisotopic (exact) mass is 365 g/mol. The van der Waals surface area contributed by atoms with Gasteiger partial charge in [0.15, 0.2) is 0 Å². The zero-order valence-corrected chi connectivity index (χ0v) is 15.0. The Hall–Kier alpha value is -1.36. The van der Waals surface area contributed by atoms with Gasteiger partial charge in [0.1, 0.15) is 10.6 Å². The number of anilines is 1. The fourth-order valence-electron chi connectivity index (χ4n) is 1.70. The molecular formula is C13H23N3O5S2. The fourth-order valence-corrected chi connectivity index (χ4v) is 3.53. The van der Waals surface area contributed by atoms with Gasteiger partial charge in [-0.2, -0.15) is 0 Å². The van der Waals surface area contributed by atoms with E-state index in [4.69, 9.17) is 10.5 Å². The summed E-state index contributed by atoms with van der Waals surface area (Å²) in [5.74, 6) is -0.0385. The number of hydrogen-bond donors (Lipinski definition) is 3. The van der Waals surface area contributed by atoms with Crippen LogP contribution in [0.1, 0.15) is 20.3 Å². The molecule has 0 bridgehead atoms. The molecule has 0 radical (unpaired) electrons. The average Bonchev–Trinajstić information content (AvgIpc) is 2.45. The molecule has 0 aliphatic carbocycles. The van der Waals surface area contributed by atoms with Crippen molar-refractivity contribution in [1.82, 2.24) is 4.72 Å². The maximum atomic E-state index is 12.3. The summed E-state index contributed by atoms with van der Waals surface area (Å²) in [6, 6.07) is 3.87. The molecule has 1 rings (SSSR count). The summed E-state index contributed by atoms with van der Waals surface area (Å²) in [5.41, 5.74) is 5.82. The minimum Gasteiger partial charge on any atom is -0.495 e. The molecule has 0 fully saturated rings. The molecular weight excluding hydrogens is 342 g/mol. The normalized spacial score (nSPS) is 13.6. The second kappa shape index (κ2) is 7.95. The highest BCUT2D eigenvalue weighted by Crippen LogP contribution is 2.27. The van der Waals surface area contributed by atoms with Gasteiger partial charge in [-0.25, -0.2) is 21.6 Å². The van der Waals surface area contributed by atoms with Gasteiger partial charge in [-0.05, 0) is 32.4 Å². The number of rotatable bonds is 9. The Morgan fingerprint density at radius 3 is 2.43 bits per heavy atom. The first-order chi connectivity index (χ1) is 10.6. The van der Waals surface area contributed by atoms with E-state index in [0.29, 0.717) is 6.42 Å². The van der Waals surface area contributed by atoms with Crippen LogP contribution in [0.4, 0.5) is 5.69 Å². The van der Waals surface area contributed by atoms with Crippen LogP contribution >= 0.6 is 0 Å². The van der Waals surface area contributed by atoms with Crippen molar-refractivity contribution in [1.29, 1.82) is 0 Å². The van der Waals surface area contributed by atoms with Crippen molar-refractivity contribution >= 4 is 25.7 Å². The Balaban J connectivity index is 3.04. The highest BCUT2D eigenvalue weighted by atomic mass is 32.2. The number of ether oxygens (including phenoxy) is 1. The first-order valence-electron chi connectivity index (χ1n) is 7.05. The average molecular weight is 365 g/mol. The molecule has 1 aromatic rings. The van der Waals surface area contributed by atoms with E-state index in [9.17, 15) is 16.8 Å². The number of hydrogen-bond acceptors (Lipinski definition) is 6. The topological polar surface area (TPSA) is 128 Å². The Bertz CT molecular complexity index is 730. The van der Waals surface area contributed by atoms with Crippen LogP contribution in [0.25, 0.3) is 0 Å². The van der Waals surface area contributed by atoms with Crippen molar-refractivity contribution in [2.45, 2.75) is 31.2 Å². The molecule has 0 amide bonds. The van der Waals surface area contributed by atoms with Gasteiger partial charge < -0.3 is 10.5 Å². The van der Waals surface area contributed by atoms with Crippen LogP contribution in [-0.2, 0) is 20.0 Å². The van der Waals surface area contributed by atoms with Crippen LogP contribution in [0.15, 0.2) is 23.1 Å². The van der Waals surface area contributed by atoms with E-state index in [1.807, 2.05) is 0 Å². The molecule has 23 heavy (non-hydrogen) atoms. The van der Waals surface area contributed by atoms with Crippen LogP contribution in [0.3, 0.4) is 0 Å². The summed E-state index contributed by atoms with van der Waals surface area (Å²) < 4.78 is 57.5. The zero-order valence-electron chi connectivity index (χ0n) is 13.4. The summed E-state index contributed by atoms with van der Waals surface area (Å²) >= 11 is 0. The first kappa shape index (κ1) is 19.7. The summed E-state index contributed by atoms with van der Waals surface area (Å²) in [6.07, 6.45) is 0.496. The molecule has 0 aromatic heterocycles. The third-order valence-electron chi connectivity index (χ3n) is 3.00. The Morgan fingerprint density at radius 2 is 1.91 bits per heavy atom. The van der Waals surface area contributed by atoms with Crippen LogP contribution in [0.5, 0.6) is 5.75 Å². The van der Waals surface area contributed by atoms with Gasteiger partial charge in [0.2, 0.25) is 20.0 Å². The lowest BCUT2D eigenvalue weighted by Crippen LogP contribution is -2.29. The smallest absolute Gasteiger partial charge is 0.244 e. The summed E-state index contributed by atoms with van der Waals surface area (Å²) in [5, 5.41) is 0. The highest BCUT2D eigenvalue weighted by molar-refractivity contribution is 7.92. The van der Waals surface area contributed by atoms with Crippen molar-refractivity contribution in [2.24, 2.45) is 5.73 Å². The van der Waals surface area contributed by atoms with Crippen molar-refractivity contribution in [3.05, 3.63) is 18.2 Å². The molecule has 1 aromatic carbocycles. The van der Waals surface area contributed by atoms with Crippen LogP contribution in [-0.4, -0.2) is 42.3 Å². The van der Waals surface area contributed by atoms with E-state index in [1.165, 1.54) is 32.2 Å². The van der Waals surface area contributed by atoms with Gasteiger partial charge in [0.25, 0.3) is 0 Å². The number of nitrogens with one attached hydrogen (secondary N) is 2. The van der Waals surface area contributed by atoms with E-state index in [0.717, 1.165) is 0 Å². The fraction of sp³-hybridized carbons (Fsp3) is 0.538. The molecule has 0 heterocycles. The van der Waals surface area contributed by atoms with E-state index >= 15 is 0 Å². The van der Waals surface area contributed by atoms with E-state index < -0.39 is 20.0 Å². The number of methoxy groups -OCH3 is 1. The Labute approximate surface area is 137 Å². The van der Waals surface area contributed by atoms with Gasteiger partial charge in [0, 0.05) is 18.7 Å². The summed E-state index contributed by atoms with van der Waals surface area (Å²) in [7, 11) is -5.91. The second-order valence-electron chi connectivity index (χ2n) is 5.03. The molecule has 1 atom stereocenters. The predicted octanol–water partition coefficient (Wildman–Crippen LogP) is 0.472. The zero-order chi connectivity index (χ0) is 17.7. The van der Waals surface area contributed by atoms with Crippen LogP contribution in [0.2, 0.25) is 0 Å². The molecule has 10 heteroatoms. The number of sulfonamides is 2. The quantitative estimate of drug-likeness (QED) is 0.584. The van der Waals surface area contributed by atoms with E-state index in [2.05, 4.69) is 9.44 Å². The highest BCUT2D eigenvalue weighted by Gasteiger charge is 2.20. The van der Waals surface area contributed by atoms with Crippen molar-refractivity contribution in [2.75, 3.05) is 24.1 Å². The maximum absolute atomic E-state index is 12.3. The number of benzene rings is 1.